The number of nitrogens with zero attached hydrogens (tertiary/aromatic N) is 2. The normalized spacial score (nSPS) is 12.6. The third kappa shape index (κ3) is 4.85. The number of carbonyl (C=O) groups is 1. The molecule has 5 nitrogen and oxygen atoms in total. The smallest absolute Gasteiger partial charge is 0.321 e. The van der Waals surface area contributed by atoms with E-state index in [0.717, 1.165) is 18.7 Å². The van der Waals surface area contributed by atoms with Crippen LogP contribution in [-0.2, 0) is 11.3 Å². The third-order valence-electron chi connectivity index (χ3n) is 1.88. The van der Waals surface area contributed by atoms with E-state index in [1.165, 1.54) is 0 Å². The second-order valence-electron chi connectivity index (χ2n) is 3.17. The van der Waals surface area contributed by atoms with Gasteiger partial charge in [0.05, 0.1) is 6.33 Å². The molecule has 6 heteroatoms. The molecule has 0 aromatic carbocycles. The Balaban J connectivity index is 2.00. The van der Waals surface area contributed by atoms with Crippen molar-refractivity contribution in [1.82, 2.24) is 9.55 Å². The van der Waals surface area contributed by atoms with Gasteiger partial charge in [-0.2, -0.15) is 11.8 Å². The molecule has 0 aliphatic heterocycles. The van der Waals surface area contributed by atoms with Crippen molar-refractivity contribution in [3.05, 3.63) is 18.7 Å². The maximum absolute atomic E-state index is 10.4. The molecule has 0 fully saturated rings. The van der Waals surface area contributed by atoms with Crippen LogP contribution < -0.4 is 5.73 Å². The Labute approximate surface area is 92.7 Å². The fourth-order valence-electron chi connectivity index (χ4n) is 1.05. The molecule has 0 aliphatic rings. The van der Waals surface area contributed by atoms with Crippen molar-refractivity contribution in [3.8, 4) is 0 Å². The van der Waals surface area contributed by atoms with Crippen LogP contribution in [0.2, 0.25) is 0 Å². The van der Waals surface area contributed by atoms with Gasteiger partial charge in [0.25, 0.3) is 0 Å². The molecular formula is C9H15N3O2S. The summed E-state index contributed by atoms with van der Waals surface area (Å²) in [5.74, 6) is 0.454. The zero-order valence-corrected chi connectivity index (χ0v) is 9.19. The molecule has 0 unspecified atom stereocenters. The molecule has 0 saturated heterocycles. The second kappa shape index (κ2) is 6.47. The van der Waals surface area contributed by atoms with Gasteiger partial charge in [-0.05, 0) is 12.2 Å². The Bertz CT molecular complexity index is 290. The average Bonchev–Trinajstić information content (AvgIpc) is 2.69. The first-order chi connectivity index (χ1) is 7.20. The van der Waals surface area contributed by atoms with Crippen molar-refractivity contribution in [2.75, 3.05) is 11.5 Å². The van der Waals surface area contributed by atoms with E-state index in [2.05, 4.69) is 4.98 Å². The fourth-order valence-corrected chi connectivity index (χ4v) is 1.95. The minimum Gasteiger partial charge on any atom is -0.480 e. The van der Waals surface area contributed by atoms with Crippen LogP contribution in [0.3, 0.4) is 0 Å². The Morgan fingerprint density at radius 3 is 3.07 bits per heavy atom. The highest BCUT2D eigenvalue weighted by Crippen LogP contribution is 2.05. The van der Waals surface area contributed by atoms with Gasteiger partial charge >= 0.3 is 5.97 Å². The number of carboxylic acids is 1. The number of carboxylic acid groups (broad SMARTS) is 1. The molecule has 1 aromatic rings. The number of aliphatic carboxylic acids is 1. The molecule has 0 spiro atoms. The van der Waals surface area contributed by atoms with Crippen molar-refractivity contribution >= 4 is 17.7 Å². The molecule has 0 aliphatic carbocycles. The first kappa shape index (κ1) is 12.1. The largest absolute Gasteiger partial charge is 0.480 e. The monoisotopic (exact) mass is 229 g/mol. The average molecular weight is 229 g/mol. The summed E-state index contributed by atoms with van der Waals surface area (Å²) in [6, 6.07) is -0.747. The van der Waals surface area contributed by atoms with E-state index in [9.17, 15) is 4.79 Å². The Morgan fingerprint density at radius 2 is 2.47 bits per heavy atom. The van der Waals surface area contributed by atoms with Crippen LogP contribution in [0.4, 0.5) is 0 Å². The zero-order valence-electron chi connectivity index (χ0n) is 8.37. The van der Waals surface area contributed by atoms with Crippen LogP contribution in [0.15, 0.2) is 18.7 Å². The van der Waals surface area contributed by atoms with Gasteiger partial charge in [0, 0.05) is 24.7 Å². The highest BCUT2D eigenvalue weighted by molar-refractivity contribution is 7.99. The molecule has 15 heavy (non-hydrogen) atoms. The molecule has 0 amide bonds. The van der Waals surface area contributed by atoms with E-state index in [1.54, 1.807) is 24.3 Å². The number of thioether (sulfide) groups is 1. The molecule has 1 aromatic heterocycles. The lowest BCUT2D eigenvalue weighted by molar-refractivity contribution is -0.137. The molecule has 1 rings (SSSR count). The number of imidazole rings is 1. The van der Waals surface area contributed by atoms with Crippen LogP contribution in [-0.4, -0.2) is 38.2 Å². The van der Waals surface area contributed by atoms with Crippen LogP contribution in [0, 0.1) is 0 Å². The highest BCUT2D eigenvalue weighted by Gasteiger charge is 2.10. The summed E-state index contributed by atoms with van der Waals surface area (Å²) in [4.78, 5) is 14.3. The number of rotatable bonds is 7. The summed E-state index contributed by atoms with van der Waals surface area (Å²) in [5.41, 5.74) is 5.36. The predicted octanol–water partition coefficient (Wildman–Crippen LogP) is 0.418. The van der Waals surface area contributed by atoms with E-state index >= 15 is 0 Å². The summed E-state index contributed by atoms with van der Waals surface area (Å²) >= 11 is 1.57. The summed E-state index contributed by atoms with van der Waals surface area (Å²) in [7, 11) is 0. The van der Waals surface area contributed by atoms with Gasteiger partial charge < -0.3 is 15.4 Å². The molecule has 0 saturated carbocycles. The summed E-state index contributed by atoms with van der Waals surface area (Å²) in [6.07, 6.45) is 6.42. The lowest BCUT2D eigenvalue weighted by Crippen LogP contribution is -2.32. The highest BCUT2D eigenvalue weighted by atomic mass is 32.2. The van der Waals surface area contributed by atoms with Crippen LogP contribution in [0.1, 0.15) is 6.42 Å². The summed E-state index contributed by atoms with van der Waals surface area (Å²) < 4.78 is 2.00. The molecule has 84 valence electrons. The van der Waals surface area contributed by atoms with Crippen molar-refractivity contribution in [2.45, 2.75) is 19.0 Å². The Kier molecular flexibility index (Phi) is 5.20. The number of hydrogen-bond donors (Lipinski definition) is 2. The first-order valence-corrected chi connectivity index (χ1v) is 5.87. The van der Waals surface area contributed by atoms with E-state index in [-0.39, 0.29) is 0 Å². The minimum atomic E-state index is -0.933. The Morgan fingerprint density at radius 1 is 1.67 bits per heavy atom. The number of nitrogens with two attached hydrogens (primary N) is 1. The van der Waals surface area contributed by atoms with Gasteiger partial charge in [0.15, 0.2) is 0 Å². The first-order valence-electron chi connectivity index (χ1n) is 4.72. The van der Waals surface area contributed by atoms with Crippen LogP contribution in [0.5, 0.6) is 0 Å². The van der Waals surface area contributed by atoms with Gasteiger partial charge in [-0.1, -0.05) is 0 Å². The van der Waals surface area contributed by atoms with Crippen LogP contribution in [0.25, 0.3) is 0 Å². The fraction of sp³-hybridized carbons (Fsp3) is 0.556. The van der Waals surface area contributed by atoms with E-state index in [0.29, 0.717) is 5.75 Å². The summed E-state index contributed by atoms with van der Waals surface area (Å²) in [5, 5.41) is 8.54. The lowest BCUT2D eigenvalue weighted by Gasteiger charge is -2.05. The molecule has 3 N–H and O–H groups in total. The molecule has 1 heterocycles. The van der Waals surface area contributed by atoms with E-state index in [4.69, 9.17) is 10.8 Å². The maximum Gasteiger partial charge on any atom is 0.321 e. The standard InChI is InChI=1S/C9H15N3O2S/c10-8(9(13)14)6-15-5-1-3-12-4-2-11-7-12/h2,4,7-8H,1,3,5-6,10H2,(H,13,14)/t8-/m1/s1. The van der Waals surface area contributed by atoms with Gasteiger partial charge in [0.2, 0.25) is 0 Å². The summed E-state index contributed by atoms with van der Waals surface area (Å²) in [6.45, 7) is 0.912. The predicted molar refractivity (Wildman–Crippen MR) is 59.8 cm³/mol. The quantitative estimate of drug-likeness (QED) is 0.662. The van der Waals surface area contributed by atoms with Gasteiger partial charge in [0.1, 0.15) is 6.04 Å². The van der Waals surface area contributed by atoms with Crippen molar-refractivity contribution < 1.29 is 9.90 Å². The van der Waals surface area contributed by atoms with Crippen molar-refractivity contribution in [3.63, 3.8) is 0 Å². The SMILES string of the molecule is N[C@H](CSCCCn1ccnc1)C(=O)O. The topological polar surface area (TPSA) is 81.1 Å². The number of hydrogen-bond acceptors (Lipinski definition) is 4. The van der Waals surface area contributed by atoms with Crippen LogP contribution >= 0.6 is 11.8 Å². The maximum atomic E-state index is 10.4. The van der Waals surface area contributed by atoms with Gasteiger partial charge in [-0.15, -0.1) is 0 Å². The van der Waals surface area contributed by atoms with Gasteiger partial charge in [-0.25, -0.2) is 4.98 Å². The van der Waals surface area contributed by atoms with Crippen molar-refractivity contribution in [2.24, 2.45) is 5.73 Å². The lowest BCUT2D eigenvalue weighted by atomic mass is 10.4. The van der Waals surface area contributed by atoms with Gasteiger partial charge in [-0.3, -0.25) is 4.79 Å². The number of aryl methyl sites for hydroxylation is 1. The molecular weight excluding hydrogens is 214 g/mol. The Hall–Kier alpha value is -1.01. The van der Waals surface area contributed by atoms with E-state index in [1.807, 2.05) is 10.8 Å². The van der Waals surface area contributed by atoms with Crippen molar-refractivity contribution in [1.29, 1.82) is 0 Å². The molecule has 0 bridgehead atoms. The molecule has 1 atom stereocenters. The third-order valence-corrected chi connectivity index (χ3v) is 3.05. The second-order valence-corrected chi connectivity index (χ2v) is 4.32. The minimum absolute atomic E-state index is 0.471. The number of aromatic nitrogens is 2. The zero-order chi connectivity index (χ0) is 11.1. The molecule has 0 radical (unpaired) electrons. The van der Waals surface area contributed by atoms with E-state index < -0.39 is 12.0 Å².